The van der Waals surface area contributed by atoms with Gasteiger partial charge in [0, 0.05) is 18.2 Å². The number of carbonyl (C=O) groups excluding carboxylic acids is 2. The molecule has 8 heteroatoms. The Hall–Kier alpha value is -3.81. The molecule has 2 amide bonds. The highest BCUT2D eigenvalue weighted by atomic mass is 16.5. The van der Waals surface area contributed by atoms with E-state index in [1.165, 1.54) is 0 Å². The van der Waals surface area contributed by atoms with Crippen LogP contribution in [0, 0.1) is 5.92 Å². The van der Waals surface area contributed by atoms with Crippen molar-refractivity contribution in [1.82, 2.24) is 20.6 Å². The molecule has 31 heavy (non-hydrogen) atoms. The van der Waals surface area contributed by atoms with E-state index in [-0.39, 0.29) is 17.5 Å². The van der Waals surface area contributed by atoms with Crippen LogP contribution in [0.1, 0.15) is 30.8 Å². The van der Waals surface area contributed by atoms with Crippen LogP contribution in [0.2, 0.25) is 0 Å². The fourth-order valence-corrected chi connectivity index (χ4v) is 3.08. The Labute approximate surface area is 181 Å². The molecule has 1 aromatic heterocycles. The van der Waals surface area contributed by atoms with Gasteiger partial charge >= 0.3 is 0 Å². The van der Waals surface area contributed by atoms with Gasteiger partial charge in [0.2, 0.25) is 5.91 Å². The van der Waals surface area contributed by atoms with E-state index in [0.717, 1.165) is 11.3 Å². The van der Waals surface area contributed by atoms with Crippen molar-refractivity contribution >= 4 is 11.8 Å². The minimum absolute atomic E-state index is 0.168. The first-order valence-corrected chi connectivity index (χ1v) is 9.89. The van der Waals surface area contributed by atoms with Gasteiger partial charge in [-0.15, -0.1) is 0 Å². The number of benzene rings is 2. The number of methoxy groups -OCH3 is 2. The molecular weight excluding hydrogens is 396 g/mol. The Morgan fingerprint density at radius 2 is 1.71 bits per heavy atom. The third-order valence-electron chi connectivity index (χ3n) is 4.55. The molecule has 0 aliphatic rings. The maximum absolute atomic E-state index is 12.9. The number of rotatable bonds is 7. The Bertz CT molecular complexity index is 1060. The lowest BCUT2D eigenvalue weighted by Crippen LogP contribution is -2.42. The van der Waals surface area contributed by atoms with Crippen molar-refractivity contribution in [3.63, 3.8) is 0 Å². The lowest BCUT2D eigenvalue weighted by Gasteiger charge is -2.10. The molecule has 1 heterocycles. The predicted octanol–water partition coefficient (Wildman–Crippen LogP) is 3.36. The first-order chi connectivity index (χ1) is 14.9. The van der Waals surface area contributed by atoms with Crippen LogP contribution in [-0.2, 0) is 4.79 Å². The Balaban J connectivity index is 1.98. The first-order valence-electron chi connectivity index (χ1n) is 9.89. The summed E-state index contributed by atoms with van der Waals surface area (Å²) in [5, 5.41) is 4.47. The monoisotopic (exact) mass is 422 g/mol. The molecule has 0 fully saturated rings. The van der Waals surface area contributed by atoms with E-state index in [1.807, 2.05) is 50.2 Å². The van der Waals surface area contributed by atoms with E-state index in [4.69, 9.17) is 9.47 Å². The molecule has 3 aromatic rings. The predicted molar refractivity (Wildman–Crippen MR) is 117 cm³/mol. The number of carbonyl (C=O) groups is 2. The van der Waals surface area contributed by atoms with E-state index in [0.29, 0.717) is 23.5 Å². The molecule has 2 aromatic carbocycles. The van der Waals surface area contributed by atoms with Gasteiger partial charge in [-0.2, -0.15) is 5.10 Å². The number of hydrogen-bond donors (Lipinski definition) is 2. The highest BCUT2D eigenvalue weighted by Gasteiger charge is 2.21. The van der Waals surface area contributed by atoms with Crippen LogP contribution in [-0.4, -0.2) is 35.8 Å². The van der Waals surface area contributed by atoms with Crippen LogP contribution < -0.4 is 20.3 Å². The fourth-order valence-electron chi connectivity index (χ4n) is 3.08. The molecule has 8 nitrogen and oxygen atoms in total. The molecule has 0 aliphatic heterocycles. The highest BCUT2D eigenvalue weighted by molar-refractivity contribution is 6.00. The van der Waals surface area contributed by atoms with Gasteiger partial charge < -0.3 is 9.47 Å². The molecule has 162 valence electrons. The molecule has 0 unspecified atom stereocenters. The maximum atomic E-state index is 12.9. The van der Waals surface area contributed by atoms with Crippen molar-refractivity contribution in [2.24, 2.45) is 5.92 Å². The summed E-state index contributed by atoms with van der Waals surface area (Å²) in [6, 6.07) is 14.8. The number of hydrogen-bond acceptors (Lipinski definition) is 5. The molecule has 2 N–H and O–H groups in total. The summed E-state index contributed by atoms with van der Waals surface area (Å²) >= 11 is 0. The molecule has 0 saturated carbocycles. The molecule has 0 spiro atoms. The van der Waals surface area contributed by atoms with Crippen LogP contribution in [0.15, 0.2) is 54.7 Å². The first kappa shape index (κ1) is 21.9. The van der Waals surface area contributed by atoms with Crippen molar-refractivity contribution in [3.8, 4) is 28.3 Å². The average Bonchev–Trinajstić information content (AvgIpc) is 3.22. The minimum Gasteiger partial charge on any atom is -0.493 e. The number of hydrazine groups is 1. The summed E-state index contributed by atoms with van der Waals surface area (Å²) in [5.74, 6) is 0.504. The summed E-state index contributed by atoms with van der Waals surface area (Å²) < 4.78 is 12.3. The Morgan fingerprint density at radius 3 is 2.35 bits per heavy atom. The zero-order valence-corrected chi connectivity index (χ0v) is 18.0. The molecule has 0 saturated heterocycles. The standard InChI is InChI=1S/C23H26N4O4/c1-15(2)12-21(28)24-25-23(29)22-18(14-27(26-22)17-8-6-5-7-9-17)16-10-11-19(30-3)20(13-16)31-4/h5-11,13-15H,12H2,1-4H3,(H,24,28)(H,25,29). The van der Waals surface area contributed by atoms with Gasteiger partial charge in [-0.25, -0.2) is 4.68 Å². The molecule has 0 bridgehead atoms. The van der Waals surface area contributed by atoms with E-state index in [1.54, 1.807) is 37.2 Å². The lowest BCUT2D eigenvalue weighted by atomic mass is 10.1. The van der Waals surface area contributed by atoms with Crippen LogP contribution in [0.3, 0.4) is 0 Å². The summed E-state index contributed by atoms with van der Waals surface area (Å²) in [6.07, 6.45) is 2.07. The van der Waals surface area contributed by atoms with Gasteiger partial charge in [-0.1, -0.05) is 38.1 Å². The van der Waals surface area contributed by atoms with Gasteiger partial charge in [-0.3, -0.25) is 20.4 Å². The van der Waals surface area contributed by atoms with Crippen molar-refractivity contribution in [2.45, 2.75) is 20.3 Å². The summed E-state index contributed by atoms with van der Waals surface area (Å²) in [6.45, 7) is 3.86. The third-order valence-corrected chi connectivity index (χ3v) is 4.55. The second-order valence-electron chi connectivity index (χ2n) is 7.34. The molecule has 0 aliphatic carbocycles. The quantitative estimate of drug-likeness (QED) is 0.570. The van der Waals surface area contributed by atoms with Crippen molar-refractivity contribution in [3.05, 3.63) is 60.4 Å². The van der Waals surface area contributed by atoms with Gasteiger partial charge in [0.1, 0.15) is 0 Å². The number of nitrogens with one attached hydrogen (secondary N) is 2. The van der Waals surface area contributed by atoms with E-state index in [9.17, 15) is 9.59 Å². The summed E-state index contributed by atoms with van der Waals surface area (Å²) in [5.41, 5.74) is 7.18. The van der Waals surface area contributed by atoms with Crippen molar-refractivity contribution in [1.29, 1.82) is 0 Å². The normalized spacial score (nSPS) is 10.6. The Kier molecular flexibility index (Phi) is 6.92. The van der Waals surface area contributed by atoms with Crippen LogP contribution in [0.4, 0.5) is 0 Å². The fraction of sp³-hybridized carbons (Fsp3) is 0.261. The second-order valence-corrected chi connectivity index (χ2v) is 7.34. The average molecular weight is 422 g/mol. The zero-order valence-electron chi connectivity index (χ0n) is 18.0. The van der Waals surface area contributed by atoms with Gasteiger partial charge in [0.05, 0.1) is 19.9 Å². The number of ether oxygens (including phenoxy) is 2. The van der Waals surface area contributed by atoms with Crippen LogP contribution in [0.25, 0.3) is 16.8 Å². The second kappa shape index (κ2) is 9.80. The van der Waals surface area contributed by atoms with E-state index in [2.05, 4.69) is 16.0 Å². The number of amides is 2. The smallest absolute Gasteiger partial charge is 0.290 e. The molecular formula is C23H26N4O4. The van der Waals surface area contributed by atoms with Gasteiger partial charge in [0.15, 0.2) is 17.2 Å². The minimum atomic E-state index is -0.517. The van der Waals surface area contributed by atoms with E-state index < -0.39 is 5.91 Å². The highest BCUT2D eigenvalue weighted by Crippen LogP contribution is 2.33. The number of nitrogens with zero attached hydrogens (tertiary/aromatic N) is 2. The van der Waals surface area contributed by atoms with Crippen molar-refractivity contribution in [2.75, 3.05) is 14.2 Å². The largest absolute Gasteiger partial charge is 0.493 e. The van der Waals surface area contributed by atoms with Crippen LogP contribution in [0.5, 0.6) is 11.5 Å². The van der Waals surface area contributed by atoms with Gasteiger partial charge in [-0.05, 0) is 35.7 Å². The van der Waals surface area contributed by atoms with E-state index >= 15 is 0 Å². The summed E-state index contributed by atoms with van der Waals surface area (Å²) in [4.78, 5) is 24.8. The zero-order chi connectivity index (χ0) is 22.4. The number of para-hydroxylation sites is 1. The molecule has 0 atom stereocenters. The maximum Gasteiger partial charge on any atom is 0.290 e. The van der Waals surface area contributed by atoms with Crippen LogP contribution >= 0.6 is 0 Å². The molecule has 3 rings (SSSR count). The SMILES string of the molecule is COc1ccc(-c2cn(-c3ccccc3)nc2C(=O)NNC(=O)CC(C)C)cc1OC. The summed E-state index contributed by atoms with van der Waals surface area (Å²) in [7, 11) is 3.11. The topological polar surface area (TPSA) is 94.5 Å². The third kappa shape index (κ3) is 5.22. The number of aromatic nitrogens is 2. The lowest BCUT2D eigenvalue weighted by molar-refractivity contribution is -0.122. The van der Waals surface area contributed by atoms with Gasteiger partial charge in [0.25, 0.3) is 5.91 Å². The van der Waals surface area contributed by atoms with Crippen molar-refractivity contribution < 1.29 is 19.1 Å². The molecule has 0 radical (unpaired) electrons. The Morgan fingerprint density at radius 1 is 1.00 bits per heavy atom.